The molecule has 100 valence electrons. The Labute approximate surface area is 121 Å². The van der Waals surface area contributed by atoms with E-state index >= 15 is 0 Å². The second-order valence-electron chi connectivity index (χ2n) is 3.72. The van der Waals surface area contributed by atoms with Gasteiger partial charge in [-0.15, -0.1) is 0 Å². The highest BCUT2D eigenvalue weighted by Crippen LogP contribution is 2.16. The number of nitrogens with zero attached hydrogens (tertiary/aromatic N) is 1. The minimum atomic E-state index is 0.635. The molecule has 0 saturated heterocycles. The van der Waals surface area contributed by atoms with Crippen LogP contribution in [-0.4, -0.2) is 24.1 Å². The summed E-state index contributed by atoms with van der Waals surface area (Å²) in [7, 11) is 0. The second-order valence-corrected chi connectivity index (χ2v) is 5.76. The van der Waals surface area contributed by atoms with Gasteiger partial charge in [0.25, 0.3) is 0 Å². The Balaban J connectivity index is 2.14. The molecule has 3 nitrogen and oxygen atoms in total. The summed E-state index contributed by atoms with van der Waals surface area (Å²) in [5, 5.41) is 0.655. The van der Waals surface area contributed by atoms with Crippen molar-refractivity contribution in [2.75, 3.05) is 18.9 Å². The lowest BCUT2D eigenvalue weighted by atomic mass is 10.3. The summed E-state index contributed by atoms with van der Waals surface area (Å²) in [6, 6.07) is 7.80. The van der Waals surface area contributed by atoms with Crippen molar-refractivity contribution in [3.63, 3.8) is 0 Å². The van der Waals surface area contributed by atoms with Gasteiger partial charge in [0.15, 0.2) is 5.17 Å². The van der Waals surface area contributed by atoms with Crippen molar-refractivity contribution >= 4 is 32.9 Å². The number of unbranched alkanes of at least 4 members (excludes halogenated alkanes) is 1. The number of rotatable bonds is 7. The molecule has 0 heterocycles. The maximum Gasteiger partial charge on any atom is 0.154 e. The van der Waals surface area contributed by atoms with Gasteiger partial charge < -0.3 is 10.5 Å². The van der Waals surface area contributed by atoms with Crippen molar-refractivity contribution in [3.05, 3.63) is 28.7 Å². The zero-order valence-electron chi connectivity index (χ0n) is 10.6. The highest BCUT2D eigenvalue weighted by atomic mass is 79.9. The van der Waals surface area contributed by atoms with Crippen LogP contribution in [0.3, 0.4) is 0 Å². The molecular weight excluding hydrogens is 312 g/mol. The number of aliphatic imine (C=N–C) groups is 1. The number of nitrogens with two attached hydrogens (primary N) is 1. The van der Waals surface area contributed by atoms with Crippen LogP contribution in [0.2, 0.25) is 0 Å². The first-order valence-corrected chi connectivity index (χ1v) is 7.81. The van der Waals surface area contributed by atoms with Crippen LogP contribution in [0.5, 0.6) is 5.75 Å². The molecule has 0 fully saturated rings. The number of thioether (sulfide) groups is 1. The maximum absolute atomic E-state index is 5.77. The van der Waals surface area contributed by atoms with E-state index in [1.165, 1.54) is 0 Å². The van der Waals surface area contributed by atoms with E-state index in [2.05, 4.69) is 27.8 Å². The zero-order valence-corrected chi connectivity index (χ0v) is 13.0. The van der Waals surface area contributed by atoms with Crippen molar-refractivity contribution in [1.82, 2.24) is 0 Å². The first-order chi connectivity index (χ1) is 8.72. The normalized spacial score (nSPS) is 11.6. The van der Waals surface area contributed by atoms with E-state index in [-0.39, 0.29) is 0 Å². The van der Waals surface area contributed by atoms with Crippen LogP contribution >= 0.6 is 27.7 Å². The molecule has 0 aliphatic carbocycles. The first kappa shape index (κ1) is 15.4. The molecule has 0 unspecified atom stereocenters. The minimum Gasteiger partial charge on any atom is -0.493 e. The number of benzene rings is 1. The molecule has 1 aromatic rings. The number of ether oxygens (including phenoxy) is 1. The van der Waals surface area contributed by atoms with Crippen molar-refractivity contribution < 1.29 is 4.74 Å². The fraction of sp³-hybridized carbons (Fsp3) is 0.462. The van der Waals surface area contributed by atoms with Crippen LogP contribution in [0.4, 0.5) is 0 Å². The van der Waals surface area contributed by atoms with Gasteiger partial charge in [0.05, 0.1) is 6.61 Å². The highest BCUT2D eigenvalue weighted by Gasteiger charge is 1.96. The Hall–Kier alpha value is -0.680. The third-order valence-corrected chi connectivity index (χ3v) is 3.52. The lowest BCUT2D eigenvalue weighted by Crippen LogP contribution is -2.11. The van der Waals surface area contributed by atoms with E-state index in [9.17, 15) is 0 Å². The molecule has 2 N–H and O–H groups in total. The number of halogens is 1. The molecule has 1 aromatic carbocycles. The predicted octanol–water partition coefficient (Wildman–Crippen LogP) is 3.68. The van der Waals surface area contributed by atoms with Crippen molar-refractivity contribution in [2.45, 2.75) is 19.8 Å². The summed E-state index contributed by atoms with van der Waals surface area (Å²) in [6.07, 6.45) is 2.24. The fourth-order valence-electron chi connectivity index (χ4n) is 1.23. The smallest absolute Gasteiger partial charge is 0.154 e. The molecule has 5 heteroatoms. The second kappa shape index (κ2) is 9.28. The van der Waals surface area contributed by atoms with Gasteiger partial charge in [-0.1, -0.05) is 41.0 Å². The van der Waals surface area contributed by atoms with E-state index in [0.717, 1.165) is 35.4 Å². The molecule has 0 amide bonds. The van der Waals surface area contributed by atoms with Gasteiger partial charge in [-0.3, -0.25) is 4.99 Å². The molecule has 0 radical (unpaired) electrons. The van der Waals surface area contributed by atoms with E-state index in [0.29, 0.717) is 11.8 Å². The topological polar surface area (TPSA) is 47.6 Å². The van der Waals surface area contributed by atoms with Gasteiger partial charge in [-0.25, -0.2) is 0 Å². The lowest BCUT2D eigenvalue weighted by molar-refractivity contribution is 0.344. The molecule has 1 rings (SSSR count). The molecular formula is C13H19BrN2OS. The molecule has 0 atom stereocenters. The van der Waals surface area contributed by atoms with Crippen LogP contribution < -0.4 is 10.5 Å². The fourth-order valence-corrected chi connectivity index (χ4v) is 2.05. The number of amidine groups is 1. The van der Waals surface area contributed by atoms with E-state index in [4.69, 9.17) is 10.5 Å². The Morgan fingerprint density at radius 3 is 2.78 bits per heavy atom. The largest absolute Gasteiger partial charge is 0.493 e. The van der Waals surface area contributed by atoms with Gasteiger partial charge in [0.2, 0.25) is 0 Å². The monoisotopic (exact) mass is 330 g/mol. The van der Waals surface area contributed by atoms with Gasteiger partial charge in [0, 0.05) is 16.8 Å². The highest BCUT2D eigenvalue weighted by molar-refractivity contribution is 9.10. The summed E-state index contributed by atoms with van der Waals surface area (Å²) in [5.74, 6) is 1.69. The third-order valence-electron chi connectivity index (χ3n) is 2.19. The Kier molecular flexibility index (Phi) is 7.93. The SMILES string of the molecule is CCCCN=C(N)SCCOc1ccc(Br)cc1. The lowest BCUT2D eigenvalue weighted by Gasteiger charge is -2.05. The van der Waals surface area contributed by atoms with Crippen LogP contribution in [-0.2, 0) is 0 Å². The zero-order chi connectivity index (χ0) is 13.2. The summed E-state index contributed by atoms with van der Waals surface area (Å²) in [6.45, 7) is 3.60. The van der Waals surface area contributed by atoms with Crippen LogP contribution in [0, 0.1) is 0 Å². The van der Waals surface area contributed by atoms with Crippen molar-refractivity contribution in [2.24, 2.45) is 10.7 Å². The molecule has 0 aliphatic rings. The van der Waals surface area contributed by atoms with Crippen LogP contribution in [0.15, 0.2) is 33.7 Å². The van der Waals surface area contributed by atoms with Gasteiger partial charge in [-0.05, 0) is 30.7 Å². The molecule has 0 aromatic heterocycles. The average Bonchev–Trinajstić information content (AvgIpc) is 2.37. The van der Waals surface area contributed by atoms with Gasteiger partial charge >= 0.3 is 0 Å². The molecule has 0 spiro atoms. The Bertz CT molecular complexity index is 368. The first-order valence-electron chi connectivity index (χ1n) is 6.03. The molecule has 0 bridgehead atoms. The predicted molar refractivity (Wildman–Crippen MR) is 83.5 cm³/mol. The summed E-state index contributed by atoms with van der Waals surface area (Å²) >= 11 is 4.93. The summed E-state index contributed by atoms with van der Waals surface area (Å²) < 4.78 is 6.64. The van der Waals surface area contributed by atoms with Gasteiger partial charge in [0.1, 0.15) is 5.75 Å². The molecule has 18 heavy (non-hydrogen) atoms. The quantitative estimate of drug-likeness (QED) is 0.471. The van der Waals surface area contributed by atoms with Crippen molar-refractivity contribution in [1.29, 1.82) is 0 Å². The molecule has 0 aliphatic heterocycles. The van der Waals surface area contributed by atoms with E-state index < -0.39 is 0 Å². The third kappa shape index (κ3) is 6.91. The molecule has 0 saturated carbocycles. The van der Waals surface area contributed by atoms with E-state index in [1.807, 2.05) is 24.3 Å². The van der Waals surface area contributed by atoms with Crippen LogP contribution in [0.25, 0.3) is 0 Å². The number of hydrogen-bond acceptors (Lipinski definition) is 3. The van der Waals surface area contributed by atoms with E-state index in [1.54, 1.807) is 11.8 Å². The maximum atomic E-state index is 5.77. The Morgan fingerprint density at radius 2 is 2.11 bits per heavy atom. The summed E-state index contributed by atoms with van der Waals surface area (Å²) in [5.41, 5.74) is 5.77. The minimum absolute atomic E-state index is 0.635. The number of hydrogen-bond donors (Lipinski definition) is 1. The Morgan fingerprint density at radius 1 is 1.39 bits per heavy atom. The van der Waals surface area contributed by atoms with Gasteiger partial charge in [-0.2, -0.15) is 0 Å². The average molecular weight is 331 g/mol. The van der Waals surface area contributed by atoms with Crippen LogP contribution in [0.1, 0.15) is 19.8 Å². The standard InChI is InChI=1S/C13H19BrN2OS/c1-2-3-8-16-13(15)18-10-9-17-12-6-4-11(14)5-7-12/h4-7H,2-3,8-10H2,1H3,(H2,15,16). The van der Waals surface area contributed by atoms with Crippen molar-refractivity contribution in [3.8, 4) is 5.75 Å². The summed E-state index contributed by atoms with van der Waals surface area (Å²) in [4.78, 5) is 4.27.